The van der Waals surface area contributed by atoms with Crippen LogP contribution in [0.1, 0.15) is 30.3 Å². The third-order valence-corrected chi connectivity index (χ3v) is 3.30. The molecular formula is C12H18N4O3. The molecule has 0 amide bonds. The van der Waals surface area contributed by atoms with Crippen LogP contribution in [0.5, 0.6) is 0 Å². The summed E-state index contributed by atoms with van der Waals surface area (Å²) in [5.41, 5.74) is -0.0149. The lowest BCUT2D eigenvalue weighted by Crippen LogP contribution is -2.43. The van der Waals surface area contributed by atoms with Gasteiger partial charge in [0.1, 0.15) is 18.4 Å². The lowest BCUT2D eigenvalue weighted by atomic mass is 10.0. The minimum absolute atomic E-state index is 0.0149. The van der Waals surface area contributed by atoms with Gasteiger partial charge in [0.25, 0.3) is 0 Å². The van der Waals surface area contributed by atoms with Crippen molar-refractivity contribution in [2.24, 2.45) is 0 Å². The Balaban J connectivity index is 1.92. The normalized spacial score (nSPS) is 19.1. The van der Waals surface area contributed by atoms with Crippen LogP contribution >= 0.6 is 0 Å². The molecule has 1 aromatic rings. The Labute approximate surface area is 111 Å². The van der Waals surface area contributed by atoms with Crippen molar-refractivity contribution in [1.82, 2.24) is 14.9 Å². The van der Waals surface area contributed by atoms with Crippen LogP contribution in [0.25, 0.3) is 0 Å². The van der Waals surface area contributed by atoms with Crippen molar-refractivity contribution >= 4 is 11.8 Å². The van der Waals surface area contributed by atoms with E-state index in [4.69, 9.17) is 5.11 Å². The number of anilines is 1. The number of carboxylic acid groups (broad SMARTS) is 1. The van der Waals surface area contributed by atoms with Crippen molar-refractivity contribution in [2.45, 2.75) is 32.0 Å². The maximum absolute atomic E-state index is 10.8. The summed E-state index contributed by atoms with van der Waals surface area (Å²) in [6.45, 7) is 3.38. The number of hydrogen-bond acceptors (Lipinski definition) is 6. The predicted molar refractivity (Wildman–Crippen MR) is 68.9 cm³/mol. The Bertz CT molecular complexity index is 444. The van der Waals surface area contributed by atoms with E-state index in [1.54, 1.807) is 6.92 Å². The molecule has 19 heavy (non-hydrogen) atoms. The monoisotopic (exact) mass is 266 g/mol. The summed E-state index contributed by atoms with van der Waals surface area (Å²) in [5.74, 6) is -0.530. The van der Waals surface area contributed by atoms with Crippen molar-refractivity contribution in [3.63, 3.8) is 0 Å². The van der Waals surface area contributed by atoms with Gasteiger partial charge in [-0.3, -0.25) is 4.90 Å². The molecule has 2 rings (SSSR count). The molecule has 0 aliphatic carbocycles. The molecule has 1 saturated heterocycles. The molecule has 0 bridgehead atoms. The van der Waals surface area contributed by atoms with Gasteiger partial charge in [-0.05, 0) is 19.8 Å². The van der Waals surface area contributed by atoms with Gasteiger partial charge in [-0.15, -0.1) is 0 Å². The zero-order valence-corrected chi connectivity index (χ0v) is 10.8. The molecular weight excluding hydrogens is 248 g/mol. The van der Waals surface area contributed by atoms with E-state index in [2.05, 4.69) is 15.3 Å². The second-order valence-electron chi connectivity index (χ2n) is 4.68. The van der Waals surface area contributed by atoms with E-state index in [1.165, 1.54) is 12.4 Å². The maximum atomic E-state index is 10.8. The molecule has 104 valence electrons. The number of nitrogens with one attached hydrogen (secondary N) is 1. The average Bonchev–Trinajstić information content (AvgIpc) is 2.39. The highest BCUT2D eigenvalue weighted by Gasteiger charge is 2.21. The number of rotatable bonds is 4. The fraction of sp³-hybridized carbons (Fsp3) is 0.583. The lowest BCUT2D eigenvalue weighted by Gasteiger charge is -2.34. The number of likely N-dealkylation sites (tertiary alicyclic amines) is 1. The molecule has 1 fully saturated rings. The van der Waals surface area contributed by atoms with Gasteiger partial charge in [0.15, 0.2) is 5.69 Å². The molecule has 1 aromatic heterocycles. The predicted octanol–water partition coefficient (Wildman–Crippen LogP) is 0.389. The van der Waals surface area contributed by atoms with Crippen molar-refractivity contribution < 1.29 is 15.0 Å². The highest BCUT2D eigenvalue weighted by Crippen LogP contribution is 2.16. The van der Waals surface area contributed by atoms with E-state index >= 15 is 0 Å². The number of carbonyl (C=O) groups is 1. The van der Waals surface area contributed by atoms with Crippen molar-refractivity contribution in [3.05, 3.63) is 18.1 Å². The summed E-state index contributed by atoms with van der Waals surface area (Å²) < 4.78 is 0. The third-order valence-electron chi connectivity index (χ3n) is 3.30. The first-order valence-electron chi connectivity index (χ1n) is 6.30. The zero-order chi connectivity index (χ0) is 13.8. The van der Waals surface area contributed by atoms with Gasteiger partial charge in [0, 0.05) is 25.2 Å². The Morgan fingerprint density at radius 3 is 2.74 bits per heavy atom. The maximum Gasteiger partial charge on any atom is 0.354 e. The molecule has 2 heterocycles. The van der Waals surface area contributed by atoms with Gasteiger partial charge in [0.05, 0.1) is 0 Å². The first kappa shape index (κ1) is 13.7. The van der Waals surface area contributed by atoms with Crippen molar-refractivity contribution in [1.29, 1.82) is 0 Å². The smallest absolute Gasteiger partial charge is 0.354 e. The average molecular weight is 266 g/mol. The second kappa shape index (κ2) is 5.94. The molecule has 7 heteroatoms. The van der Waals surface area contributed by atoms with Crippen LogP contribution in [-0.2, 0) is 0 Å². The summed E-state index contributed by atoms with van der Waals surface area (Å²) in [5, 5.41) is 21.5. The molecule has 0 saturated carbocycles. The number of piperidine rings is 1. The second-order valence-corrected chi connectivity index (χ2v) is 4.68. The third kappa shape index (κ3) is 3.62. The van der Waals surface area contributed by atoms with Gasteiger partial charge in [-0.2, -0.15) is 0 Å². The summed E-state index contributed by atoms with van der Waals surface area (Å²) in [6.07, 6.45) is 2.60. The fourth-order valence-electron chi connectivity index (χ4n) is 2.18. The van der Waals surface area contributed by atoms with Gasteiger partial charge in [0.2, 0.25) is 0 Å². The quantitative estimate of drug-likeness (QED) is 0.725. The summed E-state index contributed by atoms with van der Waals surface area (Å²) in [4.78, 5) is 20.5. The van der Waals surface area contributed by atoms with Gasteiger partial charge in [-0.25, -0.2) is 14.8 Å². The largest absolute Gasteiger partial charge is 0.477 e. The van der Waals surface area contributed by atoms with Crippen LogP contribution < -0.4 is 5.32 Å². The van der Waals surface area contributed by atoms with Crippen LogP contribution in [0.3, 0.4) is 0 Å². The molecule has 1 unspecified atom stereocenters. The van der Waals surface area contributed by atoms with Crippen LogP contribution in [0, 0.1) is 0 Å². The van der Waals surface area contributed by atoms with Crippen molar-refractivity contribution in [3.8, 4) is 0 Å². The summed E-state index contributed by atoms with van der Waals surface area (Å²) in [7, 11) is 0. The Morgan fingerprint density at radius 1 is 1.47 bits per heavy atom. The SMILES string of the molecule is CC(O)N1CCC(Nc2cc(C(=O)O)ncn2)CC1. The molecule has 0 radical (unpaired) electrons. The molecule has 3 N–H and O–H groups in total. The summed E-state index contributed by atoms with van der Waals surface area (Å²) in [6, 6.07) is 1.68. The lowest BCUT2D eigenvalue weighted by molar-refractivity contribution is 0.00476. The van der Waals surface area contributed by atoms with Crippen LogP contribution in [-0.4, -0.2) is 56.4 Å². The van der Waals surface area contributed by atoms with E-state index < -0.39 is 12.2 Å². The minimum Gasteiger partial charge on any atom is -0.477 e. The Morgan fingerprint density at radius 2 is 2.16 bits per heavy atom. The van der Waals surface area contributed by atoms with Crippen molar-refractivity contribution in [2.75, 3.05) is 18.4 Å². The van der Waals surface area contributed by atoms with Crippen LogP contribution in [0.2, 0.25) is 0 Å². The molecule has 0 spiro atoms. The molecule has 1 aliphatic rings. The van der Waals surface area contributed by atoms with Crippen LogP contribution in [0.4, 0.5) is 5.82 Å². The van der Waals surface area contributed by atoms with Gasteiger partial charge in [-0.1, -0.05) is 0 Å². The topological polar surface area (TPSA) is 98.6 Å². The van der Waals surface area contributed by atoms with Gasteiger partial charge >= 0.3 is 5.97 Å². The minimum atomic E-state index is -1.06. The molecule has 1 aliphatic heterocycles. The van der Waals surface area contributed by atoms with Gasteiger partial charge < -0.3 is 15.5 Å². The number of nitrogens with zero attached hydrogens (tertiary/aromatic N) is 3. The van der Waals surface area contributed by atoms with E-state index in [0.29, 0.717) is 5.82 Å². The standard InChI is InChI=1S/C12H18N4O3/c1-8(17)16-4-2-9(3-5-16)15-11-6-10(12(18)19)13-7-14-11/h6-9,17H,2-5H2,1H3,(H,18,19)(H,13,14,15). The highest BCUT2D eigenvalue weighted by atomic mass is 16.4. The van der Waals surface area contributed by atoms with E-state index in [9.17, 15) is 9.90 Å². The van der Waals surface area contributed by atoms with Crippen LogP contribution in [0.15, 0.2) is 12.4 Å². The number of aliphatic hydroxyl groups excluding tert-OH is 1. The fourth-order valence-corrected chi connectivity index (χ4v) is 2.18. The zero-order valence-electron chi connectivity index (χ0n) is 10.8. The number of carboxylic acids is 1. The molecule has 0 aromatic carbocycles. The van der Waals surface area contributed by atoms with E-state index in [1.807, 2.05) is 4.90 Å². The molecule has 1 atom stereocenters. The molecule has 7 nitrogen and oxygen atoms in total. The summed E-state index contributed by atoms with van der Waals surface area (Å²) >= 11 is 0. The number of aromatic carboxylic acids is 1. The Kier molecular flexibility index (Phi) is 4.28. The Hall–Kier alpha value is -1.73. The highest BCUT2D eigenvalue weighted by molar-refractivity contribution is 5.86. The van der Waals surface area contributed by atoms with E-state index in [-0.39, 0.29) is 11.7 Å². The number of aromatic nitrogens is 2. The first-order chi connectivity index (χ1) is 9.06. The number of aliphatic hydroxyl groups is 1. The first-order valence-corrected chi connectivity index (χ1v) is 6.30. The van der Waals surface area contributed by atoms with E-state index in [0.717, 1.165) is 25.9 Å². The number of hydrogen-bond donors (Lipinski definition) is 3.